The van der Waals surface area contributed by atoms with E-state index in [1.165, 1.54) is 11.8 Å². The number of thioether (sulfide) groups is 1. The maximum atomic E-state index is 12.1. The van der Waals surface area contributed by atoms with Gasteiger partial charge in [-0.3, -0.25) is 9.59 Å². The average molecular weight is 342 g/mol. The van der Waals surface area contributed by atoms with Crippen LogP contribution >= 0.6 is 11.8 Å². The zero-order valence-electron chi connectivity index (χ0n) is 14.1. The molecule has 0 spiro atoms. The van der Waals surface area contributed by atoms with Crippen LogP contribution in [-0.4, -0.2) is 22.8 Å². The molecule has 0 saturated heterocycles. The summed E-state index contributed by atoms with van der Waals surface area (Å²) in [5, 5.41) is 5.39. The summed E-state index contributed by atoms with van der Waals surface area (Å²) in [4.78, 5) is 24.1. The average Bonchev–Trinajstić information content (AvgIpc) is 2.54. The van der Waals surface area contributed by atoms with Crippen molar-refractivity contribution in [1.82, 2.24) is 0 Å². The fourth-order valence-electron chi connectivity index (χ4n) is 2.08. The maximum absolute atomic E-state index is 12.1. The van der Waals surface area contributed by atoms with E-state index in [9.17, 15) is 9.59 Å². The van der Waals surface area contributed by atoms with E-state index >= 15 is 0 Å². The van der Waals surface area contributed by atoms with Gasteiger partial charge in [0.05, 0.1) is 11.0 Å². The van der Waals surface area contributed by atoms with Gasteiger partial charge in [-0.25, -0.2) is 0 Å². The van der Waals surface area contributed by atoms with Crippen LogP contribution in [-0.2, 0) is 9.59 Å². The summed E-state index contributed by atoms with van der Waals surface area (Å²) in [6.07, 6.45) is 0. The van der Waals surface area contributed by atoms with E-state index in [1.807, 2.05) is 62.4 Å². The van der Waals surface area contributed by atoms with Crippen molar-refractivity contribution in [2.75, 3.05) is 16.4 Å². The Kier molecular flexibility index (Phi) is 6.44. The summed E-state index contributed by atoms with van der Waals surface area (Å²) in [6.45, 7) is 5.77. The Morgan fingerprint density at radius 2 is 1.67 bits per heavy atom. The minimum absolute atomic E-state index is 0.104. The van der Waals surface area contributed by atoms with E-state index in [2.05, 4.69) is 10.6 Å². The molecule has 2 amide bonds. The highest BCUT2D eigenvalue weighted by molar-refractivity contribution is 8.01. The van der Waals surface area contributed by atoms with Gasteiger partial charge in [-0.05, 0) is 50.6 Å². The molecular weight excluding hydrogens is 320 g/mol. The van der Waals surface area contributed by atoms with E-state index in [4.69, 9.17) is 0 Å². The fourth-order valence-corrected chi connectivity index (χ4v) is 2.76. The molecule has 0 radical (unpaired) electrons. The molecular formula is C19H22N2O2S. The standard InChI is InChI=1S/C19H22N2O2S/c1-13-7-9-16(10-8-13)21-19(23)15(3)24-12-18(22)20-17-6-4-5-14(2)11-17/h4-11,15H,12H2,1-3H3,(H,20,22)(H,21,23). The molecule has 4 nitrogen and oxygen atoms in total. The third-order valence-electron chi connectivity index (χ3n) is 3.45. The monoisotopic (exact) mass is 342 g/mol. The van der Waals surface area contributed by atoms with Crippen LogP contribution < -0.4 is 10.6 Å². The molecule has 0 saturated carbocycles. The summed E-state index contributed by atoms with van der Waals surface area (Å²) in [6, 6.07) is 15.3. The van der Waals surface area contributed by atoms with Crippen molar-refractivity contribution >= 4 is 35.0 Å². The number of rotatable bonds is 6. The largest absolute Gasteiger partial charge is 0.325 e. The number of carbonyl (C=O) groups is 2. The van der Waals surface area contributed by atoms with E-state index in [-0.39, 0.29) is 22.8 Å². The van der Waals surface area contributed by atoms with Crippen LogP contribution in [0, 0.1) is 13.8 Å². The molecule has 5 heteroatoms. The van der Waals surface area contributed by atoms with Crippen molar-refractivity contribution < 1.29 is 9.59 Å². The Morgan fingerprint density at radius 3 is 2.33 bits per heavy atom. The van der Waals surface area contributed by atoms with Gasteiger partial charge in [0.2, 0.25) is 11.8 Å². The number of amides is 2. The van der Waals surface area contributed by atoms with Gasteiger partial charge < -0.3 is 10.6 Å². The van der Waals surface area contributed by atoms with Gasteiger partial charge in [-0.15, -0.1) is 11.8 Å². The highest BCUT2D eigenvalue weighted by atomic mass is 32.2. The molecule has 0 heterocycles. The van der Waals surface area contributed by atoms with Gasteiger partial charge in [0.15, 0.2) is 0 Å². The zero-order chi connectivity index (χ0) is 17.5. The van der Waals surface area contributed by atoms with E-state index in [0.717, 1.165) is 22.5 Å². The molecule has 1 atom stereocenters. The molecule has 126 valence electrons. The molecule has 0 aliphatic carbocycles. The van der Waals surface area contributed by atoms with Crippen LogP contribution in [0.15, 0.2) is 48.5 Å². The molecule has 0 aromatic heterocycles. The summed E-state index contributed by atoms with van der Waals surface area (Å²) < 4.78 is 0. The Morgan fingerprint density at radius 1 is 0.958 bits per heavy atom. The summed E-state index contributed by atoms with van der Waals surface area (Å²) in [5.41, 5.74) is 3.77. The smallest absolute Gasteiger partial charge is 0.237 e. The Balaban J connectivity index is 1.79. The Hall–Kier alpha value is -2.27. The van der Waals surface area contributed by atoms with Crippen molar-refractivity contribution in [3.8, 4) is 0 Å². The van der Waals surface area contributed by atoms with Crippen LogP contribution in [0.5, 0.6) is 0 Å². The molecule has 2 N–H and O–H groups in total. The topological polar surface area (TPSA) is 58.2 Å². The fraction of sp³-hybridized carbons (Fsp3) is 0.263. The molecule has 0 bridgehead atoms. The SMILES string of the molecule is Cc1ccc(NC(=O)C(C)SCC(=O)Nc2cccc(C)c2)cc1. The second kappa shape index (κ2) is 8.55. The number of aryl methyl sites for hydroxylation is 2. The molecule has 0 fully saturated rings. The number of carbonyl (C=O) groups excluding carboxylic acids is 2. The zero-order valence-corrected chi connectivity index (χ0v) is 14.9. The van der Waals surface area contributed by atoms with Gasteiger partial charge in [-0.2, -0.15) is 0 Å². The molecule has 24 heavy (non-hydrogen) atoms. The van der Waals surface area contributed by atoms with Crippen molar-refractivity contribution in [3.63, 3.8) is 0 Å². The second-order valence-electron chi connectivity index (χ2n) is 5.73. The van der Waals surface area contributed by atoms with Crippen LogP contribution in [0.4, 0.5) is 11.4 Å². The van der Waals surface area contributed by atoms with Crippen LogP contribution in [0.1, 0.15) is 18.1 Å². The van der Waals surface area contributed by atoms with E-state index in [1.54, 1.807) is 6.92 Å². The van der Waals surface area contributed by atoms with Gasteiger partial charge >= 0.3 is 0 Å². The predicted octanol–water partition coefficient (Wildman–Crippen LogP) is 4.00. The lowest BCUT2D eigenvalue weighted by Gasteiger charge is -2.12. The quantitative estimate of drug-likeness (QED) is 0.834. The lowest BCUT2D eigenvalue weighted by Crippen LogP contribution is -2.25. The second-order valence-corrected chi connectivity index (χ2v) is 7.06. The normalized spacial score (nSPS) is 11.6. The van der Waals surface area contributed by atoms with Gasteiger partial charge in [0, 0.05) is 11.4 Å². The first-order valence-electron chi connectivity index (χ1n) is 7.79. The maximum Gasteiger partial charge on any atom is 0.237 e. The molecule has 2 rings (SSSR count). The lowest BCUT2D eigenvalue weighted by molar-refractivity contribution is -0.115. The molecule has 2 aromatic carbocycles. The van der Waals surface area contributed by atoms with Crippen LogP contribution in [0.2, 0.25) is 0 Å². The number of hydrogen-bond acceptors (Lipinski definition) is 3. The summed E-state index contributed by atoms with van der Waals surface area (Å²) in [7, 11) is 0. The van der Waals surface area contributed by atoms with Crippen LogP contribution in [0.3, 0.4) is 0 Å². The van der Waals surface area contributed by atoms with E-state index < -0.39 is 0 Å². The lowest BCUT2D eigenvalue weighted by atomic mass is 10.2. The highest BCUT2D eigenvalue weighted by Crippen LogP contribution is 2.16. The third kappa shape index (κ3) is 5.74. The predicted molar refractivity (Wildman–Crippen MR) is 102 cm³/mol. The van der Waals surface area contributed by atoms with Crippen molar-refractivity contribution in [2.24, 2.45) is 0 Å². The summed E-state index contributed by atoms with van der Waals surface area (Å²) >= 11 is 1.31. The molecule has 0 aliphatic rings. The van der Waals surface area contributed by atoms with Gasteiger partial charge in [0.25, 0.3) is 0 Å². The Bertz CT molecular complexity index is 714. The van der Waals surface area contributed by atoms with E-state index in [0.29, 0.717) is 0 Å². The van der Waals surface area contributed by atoms with Crippen LogP contribution in [0.25, 0.3) is 0 Å². The number of anilines is 2. The first-order chi connectivity index (χ1) is 11.4. The van der Waals surface area contributed by atoms with Crippen molar-refractivity contribution in [3.05, 3.63) is 59.7 Å². The number of nitrogens with one attached hydrogen (secondary N) is 2. The first-order valence-corrected chi connectivity index (χ1v) is 8.84. The minimum Gasteiger partial charge on any atom is -0.325 e. The van der Waals surface area contributed by atoms with Gasteiger partial charge in [0.1, 0.15) is 0 Å². The minimum atomic E-state index is -0.311. The third-order valence-corrected chi connectivity index (χ3v) is 4.60. The first kappa shape index (κ1) is 18.1. The summed E-state index contributed by atoms with van der Waals surface area (Å²) in [5.74, 6) is 0.0176. The number of benzene rings is 2. The number of hydrogen-bond donors (Lipinski definition) is 2. The molecule has 0 aliphatic heterocycles. The molecule has 2 aromatic rings. The molecule has 1 unspecified atom stereocenters. The van der Waals surface area contributed by atoms with Crippen molar-refractivity contribution in [2.45, 2.75) is 26.0 Å². The highest BCUT2D eigenvalue weighted by Gasteiger charge is 2.15. The van der Waals surface area contributed by atoms with Gasteiger partial charge in [-0.1, -0.05) is 29.8 Å². The van der Waals surface area contributed by atoms with Crippen molar-refractivity contribution in [1.29, 1.82) is 0 Å². The Labute approximate surface area is 147 Å².